The van der Waals surface area contributed by atoms with Gasteiger partial charge in [0.2, 0.25) is 17.8 Å². The highest BCUT2D eigenvalue weighted by Crippen LogP contribution is 2.38. The minimum Gasteiger partial charge on any atom is -0.393 e. The van der Waals surface area contributed by atoms with Gasteiger partial charge in [0.1, 0.15) is 11.2 Å². The highest BCUT2D eigenvalue weighted by Gasteiger charge is 2.30. The van der Waals surface area contributed by atoms with Crippen LogP contribution in [-0.2, 0) is 4.79 Å². The maximum absolute atomic E-state index is 14.6. The summed E-state index contributed by atoms with van der Waals surface area (Å²) in [5, 5.41) is 16.3. The molecule has 2 aliphatic rings. The van der Waals surface area contributed by atoms with E-state index < -0.39 is 11.6 Å². The smallest absolute Gasteiger partial charge is 0.224 e. The first-order valence-corrected chi connectivity index (χ1v) is 13.1. The molecule has 198 valence electrons. The third-order valence-electron chi connectivity index (χ3n) is 7.53. The molecule has 2 aliphatic carbocycles. The topological polar surface area (TPSA) is 131 Å². The van der Waals surface area contributed by atoms with Crippen LogP contribution in [0, 0.1) is 23.5 Å². The van der Waals surface area contributed by atoms with Gasteiger partial charge in [-0.1, -0.05) is 24.4 Å². The third-order valence-corrected chi connectivity index (χ3v) is 7.75. The van der Waals surface area contributed by atoms with Crippen LogP contribution in [0.2, 0.25) is 5.02 Å². The molecule has 2 aromatic heterocycles. The quantitative estimate of drug-likeness (QED) is 0.347. The van der Waals surface area contributed by atoms with Crippen molar-refractivity contribution in [3.05, 3.63) is 35.0 Å². The fourth-order valence-electron chi connectivity index (χ4n) is 5.45. The Morgan fingerprint density at radius 1 is 1.11 bits per heavy atom. The normalized spacial score (nSPS) is 24.2. The number of benzene rings is 1. The number of carbonyl (C=O) groups excluding carboxylic acids is 1. The van der Waals surface area contributed by atoms with E-state index in [1.165, 1.54) is 0 Å². The van der Waals surface area contributed by atoms with Crippen LogP contribution in [0.1, 0.15) is 57.4 Å². The van der Waals surface area contributed by atoms with Gasteiger partial charge in [-0.25, -0.2) is 18.7 Å². The lowest BCUT2D eigenvalue weighted by molar-refractivity contribution is -0.122. The maximum atomic E-state index is 14.6. The summed E-state index contributed by atoms with van der Waals surface area (Å²) in [6, 6.07) is 1.93. The molecule has 0 aliphatic heterocycles. The predicted molar refractivity (Wildman–Crippen MR) is 137 cm³/mol. The first-order valence-electron chi connectivity index (χ1n) is 12.7. The molecule has 2 fully saturated rings. The van der Waals surface area contributed by atoms with Gasteiger partial charge in [0.05, 0.1) is 12.3 Å². The Morgan fingerprint density at radius 2 is 1.81 bits per heavy atom. The van der Waals surface area contributed by atoms with Crippen molar-refractivity contribution in [2.24, 2.45) is 17.6 Å². The number of nitrogens with two attached hydrogens (primary N) is 1. The number of primary amides is 1. The van der Waals surface area contributed by atoms with Crippen molar-refractivity contribution >= 4 is 46.3 Å². The number of rotatable bonds is 7. The summed E-state index contributed by atoms with van der Waals surface area (Å²) in [6.07, 6.45) is 7.49. The Kier molecular flexibility index (Phi) is 7.43. The minimum atomic E-state index is -0.847. The second-order valence-electron chi connectivity index (χ2n) is 9.98. The van der Waals surface area contributed by atoms with Gasteiger partial charge in [-0.3, -0.25) is 9.36 Å². The molecule has 9 nitrogen and oxygen atoms in total. The molecule has 0 radical (unpaired) electrons. The lowest BCUT2D eigenvalue weighted by atomic mass is 9.85. The van der Waals surface area contributed by atoms with E-state index in [0.717, 1.165) is 37.8 Å². The molecular weight excluding hydrogens is 504 g/mol. The number of aliphatic hydroxyl groups is 1. The molecule has 3 aromatic rings. The zero-order chi connectivity index (χ0) is 26.1. The molecule has 5 N–H and O–H groups in total. The van der Waals surface area contributed by atoms with Crippen molar-refractivity contribution in [1.82, 2.24) is 19.5 Å². The van der Waals surface area contributed by atoms with E-state index >= 15 is 0 Å². The second kappa shape index (κ2) is 10.7. The molecule has 1 aromatic carbocycles. The largest absolute Gasteiger partial charge is 0.393 e. The minimum absolute atomic E-state index is 0.0523. The van der Waals surface area contributed by atoms with Gasteiger partial charge in [-0.2, -0.15) is 4.98 Å². The molecule has 2 heterocycles. The van der Waals surface area contributed by atoms with Crippen LogP contribution in [0.15, 0.2) is 18.3 Å². The van der Waals surface area contributed by atoms with Crippen LogP contribution in [0.25, 0.3) is 11.2 Å². The van der Waals surface area contributed by atoms with Crippen LogP contribution in [-0.4, -0.2) is 43.2 Å². The number of aromatic nitrogens is 4. The number of hydrogen-bond donors (Lipinski definition) is 4. The fourth-order valence-corrected chi connectivity index (χ4v) is 5.64. The van der Waals surface area contributed by atoms with Gasteiger partial charge in [-0.05, 0) is 50.7 Å². The van der Waals surface area contributed by atoms with Crippen molar-refractivity contribution < 1.29 is 18.7 Å². The highest BCUT2D eigenvalue weighted by molar-refractivity contribution is 6.30. The van der Waals surface area contributed by atoms with E-state index in [1.807, 2.05) is 4.57 Å². The Balaban J connectivity index is 1.48. The Hall–Kier alpha value is -3.05. The predicted octanol–water partition coefficient (Wildman–Crippen LogP) is 4.68. The number of nitrogens with one attached hydrogen (secondary N) is 2. The molecule has 5 rings (SSSR count). The lowest BCUT2D eigenvalue weighted by Gasteiger charge is -2.29. The van der Waals surface area contributed by atoms with Crippen molar-refractivity contribution in [3.8, 4) is 0 Å². The summed E-state index contributed by atoms with van der Waals surface area (Å²) < 4.78 is 31.0. The summed E-state index contributed by atoms with van der Waals surface area (Å²) in [6.45, 7) is 0.539. The molecule has 0 unspecified atom stereocenters. The molecule has 12 heteroatoms. The Labute approximate surface area is 217 Å². The van der Waals surface area contributed by atoms with Gasteiger partial charge in [0, 0.05) is 29.4 Å². The van der Waals surface area contributed by atoms with E-state index in [1.54, 1.807) is 6.20 Å². The zero-order valence-corrected chi connectivity index (χ0v) is 21.0. The number of nitrogens with zero attached hydrogens (tertiary/aromatic N) is 4. The molecule has 2 atom stereocenters. The molecule has 1 amide bonds. The number of fused-ring (bicyclic) bond motifs is 1. The van der Waals surface area contributed by atoms with E-state index in [9.17, 15) is 18.7 Å². The molecule has 0 bridgehead atoms. The monoisotopic (exact) mass is 533 g/mol. The number of halogens is 3. The van der Waals surface area contributed by atoms with Gasteiger partial charge in [0.15, 0.2) is 17.3 Å². The van der Waals surface area contributed by atoms with E-state index in [-0.39, 0.29) is 46.5 Å². The summed E-state index contributed by atoms with van der Waals surface area (Å²) in [4.78, 5) is 25.3. The highest BCUT2D eigenvalue weighted by atomic mass is 35.5. The van der Waals surface area contributed by atoms with E-state index in [2.05, 4.69) is 20.6 Å². The first-order chi connectivity index (χ1) is 17.8. The van der Waals surface area contributed by atoms with Crippen LogP contribution in [0.5, 0.6) is 0 Å². The average molecular weight is 534 g/mol. The number of amides is 1. The number of carbonyl (C=O) groups is 1. The summed E-state index contributed by atoms with van der Waals surface area (Å²) >= 11 is 5.79. The Bertz CT molecular complexity index is 1270. The first kappa shape index (κ1) is 25.6. The van der Waals surface area contributed by atoms with Crippen molar-refractivity contribution in [2.45, 2.75) is 63.5 Å². The van der Waals surface area contributed by atoms with Crippen LogP contribution >= 0.6 is 11.6 Å². The van der Waals surface area contributed by atoms with Gasteiger partial charge >= 0.3 is 0 Å². The number of aliphatic hydroxyl groups excluding tert-OH is 1. The lowest BCUT2D eigenvalue weighted by Crippen LogP contribution is -2.30. The SMILES string of the molecule is NC(=O)C1CCC(n2c(Nc3c(F)cc(Cl)cc3F)nc3cnc(NC[C@@H]4CCCC[C@H]4O)nc32)CC1. The number of hydrogen-bond acceptors (Lipinski definition) is 7. The van der Waals surface area contributed by atoms with Crippen LogP contribution < -0.4 is 16.4 Å². The van der Waals surface area contributed by atoms with Crippen LogP contribution in [0.3, 0.4) is 0 Å². The number of imidazole rings is 1. The van der Waals surface area contributed by atoms with Crippen molar-refractivity contribution in [3.63, 3.8) is 0 Å². The third kappa shape index (κ3) is 5.47. The zero-order valence-electron chi connectivity index (χ0n) is 20.3. The molecule has 37 heavy (non-hydrogen) atoms. The van der Waals surface area contributed by atoms with Crippen molar-refractivity contribution in [1.29, 1.82) is 0 Å². The van der Waals surface area contributed by atoms with E-state index in [0.29, 0.717) is 49.3 Å². The Morgan fingerprint density at radius 3 is 2.49 bits per heavy atom. The van der Waals surface area contributed by atoms with Crippen LogP contribution in [0.4, 0.5) is 26.4 Å². The van der Waals surface area contributed by atoms with Gasteiger partial charge < -0.3 is 21.5 Å². The molecular formula is C25H30ClF2N7O2. The fraction of sp³-hybridized carbons (Fsp3) is 0.520. The molecule has 2 saturated carbocycles. The average Bonchev–Trinajstić information content (AvgIpc) is 3.23. The molecule has 0 saturated heterocycles. The standard InChI is InChI=1S/C25H30ClF2N7O2/c26-15-9-17(27)21(18(28)10-15)33-25-32-19-12-31-24(30-11-14-3-1-2-4-20(14)36)34-23(19)35(25)16-7-5-13(6-8-16)22(29)37/h9-10,12-14,16,20,36H,1-8,11H2,(H2,29,37)(H,32,33)(H,30,31,34)/t13?,14-,16?,20+/m0/s1. The second-order valence-corrected chi connectivity index (χ2v) is 10.4. The number of anilines is 3. The summed E-state index contributed by atoms with van der Waals surface area (Å²) in [5.41, 5.74) is 6.10. The molecule has 0 spiro atoms. The van der Waals surface area contributed by atoms with E-state index in [4.69, 9.17) is 22.3 Å². The summed E-state index contributed by atoms with van der Waals surface area (Å²) in [7, 11) is 0. The maximum Gasteiger partial charge on any atom is 0.224 e. The van der Waals surface area contributed by atoms with Crippen molar-refractivity contribution in [2.75, 3.05) is 17.2 Å². The summed E-state index contributed by atoms with van der Waals surface area (Å²) in [5.74, 6) is -1.51. The van der Waals surface area contributed by atoms with Gasteiger partial charge in [0.25, 0.3) is 0 Å². The van der Waals surface area contributed by atoms with Gasteiger partial charge in [-0.15, -0.1) is 0 Å².